The van der Waals surface area contributed by atoms with Crippen molar-refractivity contribution < 1.29 is 14.6 Å². The van der Waals surface area contributed by atoms with Gasteiger partial charge in [0.15, 0.2) is 0 Å². The normalized spacial score (nSPS) is 34.2. The number of carbonyl (C=O) groups is 1. The van der Waals surface area contributed by atoms with E-state index in [2.05, 4.69) is 25.7 Å². The number of ether oxygens (including phenoxy) is 1. The number of nitrogens with zero attached hydrogens (tertiary/aromatic N) is 1. The molecule has 19 heavy (non-hydrogen) atoms. The second kappa shape index (κ2) is 5.80. The first-order valence-corrected chi connectivity index (χ1v) is 7.46. The molecule has 1 unspecified atom stereocenters. The maximum Gasteiger partial charge on any atom is 0.323 e. The van der Waals surface area contributed by atoms with Crippen molar-refractivity contribution >= 4 is 5.97 Å². The van der Waals surface area contributed by atoms with Crippen molar-refractivity contribution in [3.63, 3.8) is 0 Å². The summed E-state index contributed by atoms with van der Waals surface area (Å²) in [6, 6.07) is -0.00598. The molecule has 2 rings (SSSR count). The second-order valence-electron chi connectivity index (χ2n) is 7.04. The van der Waals surface area contributed by atoms with Crippen LogP contribution in [0.4, 0.5) is 0 Å². The standard InChI is InChI=1S/C15H27NO3/c1-15(2,3)11-4-6-12(7-5-11)16-8-9-19-10-13(16)14(17)18/h11-13H,4-10H2,1-3H3,(H,17,18). The molecular formula is C15H27NO3. The minimum atomic E-state index is -0.738. The smallest absolute Gasteiger partial charge is 0.323 e. The summed E-state index contributed by atoms with van der Waals surface area (Å²) in [5, 5.41) is 9.30. The van der Waals surface area contributed by atoms with Crippen LogP contribution in [0.2, 0.25) is 0 Å². The van der Waals surface area contributed by atoms with E-state index in [9.17, 15) is 9.90 Å². The third-order valence-electron chi connectivity index (χ3n) is 4.85. The molecule has 0 aromatic heterocycles. The van der Waals surface area contributed by atoms with Gasteiger partial charge in [-0.15, -0.1) is 0 Å². The predicted molar refractivity (Wildman–Crippen MR) is 74.1 cm³/mol. The Morgan fingerprint density at radius 3 is 2.37 bits per heavy atom. The summed E-state index contributed by atoms with van der Waals surface area (Å²) >= 11 is 0. The molecule has 2 fully saturated rings. The van der Waals surface area contributed by atoms with Gasteiger partial charge in [-0.05, 0) is 37.0 Å². The maximum atomic E-state index is 11.3. The van der Waals surface area contributed by atoms with Gasteiger partial charge >= 0.3 is 5.97 Å². The largest absolute Gasteiger partial charge is 0.480 e. The maximum absolute atomic E-state index is 11.3. The zero-order chi connectivity index (χ0) is 14.0. The molecule has 1 aliphatic carbocycles. The highest BCUT2D eigenvalue weighted by Crippen LogP contribution is 2.39. The van der Waals surface area contributed by atoms with Crippen molar-refractivity contribution in [2.24, 2.45) is 11.3 Å². The quantitative estimate of drug-likeness (QED) is 0.836. The molecule has 1 N–H and O–H groups in total. The van der Waals surface area contributed by atoms with Crippen molar-refractivity contribution in [2.75, 3.05) is 19.8 Å². The first-order chi connectivity index (χ1) is 8.89. The molecule has 0 aromatic rings. The highest BCUT2D eigenvalue weighted by Gasteiger charge is 2.37. The molecule has 1 saturated carbocycles. The number of aliphatic carboxylic acids is 1. The van der Waals surface area contributed by atoms with Gasteiger partial charge in [0.25, 0.3) is 0 Å². The van der Waals surface area contributed by atoms with E-state index < -0.39 is 12.0 Å². The summed E-state index contributed by atoms with van der Waals surface area (Å²) in [6.45, 7) is 8.71. The summed E-state index contributed by atoms with van der Waals surface area (Å²) in [6.07, 6.45) is 4.70. The Hall–Kier alpha value is -0.610. The van der Waals surface area contributed by atoms with Gasteiger partial charge in [0.1, 0.15) is 6.04 Å². The molecule has 1 saturated heterocycles. The van der Waals surface area contributed by atoms with E-state index in [4.69, 9.17) is 4.74 Å². The van der Waals surface area contributed by atoms with E-state index in [1.54, 1.807) is 0 Å². The highest BCUT2D eigenvalue weighted by molar-refractivity contribution is 5.73. The lowest BCUT2D eigenvalue weighted by molar-refractivity contribution is -0.152. The molecule has 0 amide bonds. The van der Waals surface area contributed by atoms with Crippen LogP contribution >= 0.6 is 0 Å². The lowest BCUT2D eigenvalue weighted by Gasteiger charge is -2.44. The fourth-order valence-corrected chi connectivity index (χ4v) is 3.54. The topological polar surface area (TPSA) is 49.8 Å². The summed E-state index contributed by atoms with van der Waals surface area (Å²) in [4.78, 5) is 13.5. The Morgan fingerprint density at radius 2 is 1.84 bits per heavy atom. The summed E-state index contributed by atoms with van der Waals surface area (Å²) < 4.78 is 5.32. The molecular weight excluding hydrogens is 242 g/mol. The number of carboxylic acid groups (broad SMARTS) is 1. The van der Waals surface area contributed by atoms with Crippen LogP contribution in [0.25, 0.3) is 0 Å². The van der Waals surface area contributed by atoms with Crippen LogP contribution in [0.15, 0.2) is 0 Å². The second-order valence-corrected chi connectivity index (χ2v) is 7.04. The van der Waals surface area contributed by atoms with Gasteiger partial charge in [-0.3, -0.25) is 9.69 Å². The van der Waals surface area contributed by atoms with Gasteiger partial charge in [0, 0.05) is 12.6 Å². The van der Waals surface area contributed by atoms with Crippen LogP contribution in [0.1, 0.15) is 46.5 Å². The lowest BCUT2D eigenvalue weighted by atomic mass is 9.71. The van der Waals surface area contributed by atoms with E-state index in [1.165, 1.54) is 12.8 Å². The Kier molecular flexibility index (Phi) is 4.51. The molecule has 4 nitrogen and oxygen atoms in total. The lowest BCUT2D eigenvalue weighted by Crippen LogP contribution is -2.55. The molecule has 1 heterocycles. The SMILES string of the molecule is CC(C)(C)C1CCC(N2CCOCC2C(=O)O)CC1. The third-order valence-corrected chi connectivity index (χ3v) is 4.85. The molecule has 2 aliphatic rings. The molecule has 0 aromatic carbocycles. The van der Waals surface area contributed by atoms with Crippen LogP contribution in [-0.4, -0.2) is 47.8 Å². The van der Waals surface area contributed by atoms with E-state index in [1.807, 2.05) is 0 Å². The molecule has 0 spiro atoms. The number of rotatable bonds is 2. The van der Waals surface area contributed by atoms with Gasteiger partial charge in [-0.25, -0.2) is 0 Å². The third kappa shape index (κ3) is 3.48. The van der Waals surface area contributed by atoms with Crippen LogP contribution in [0.3, 0.4) is 0 Å². The van der Waals surface area contributed by atoms with Gasteiger partial charge in [-0.2, -0.15) is 0 Å². The van der Waals surface area contributed by atoms with Gasteiger partial charge in [0.2, 0.25) is 0 Å². The zero-order valence-corrected chi connectivity index (χ0v) is 12.4. The van der Waals surface area contributed by atoms with Gasteiger partial charge in [0.05, 0.1) is 13.2 Å². The van der Waals surface area contributed by atoms with Crippen LogP contribution in [0.5, 0.6) is 0 Å². The Balaban J connectivity index is 1.94. The highest BCUT2D eigenvalue weighted by atomic mass is 16.5. The van der Waals surface area contributed by atoms with Crippen molar-refractivity contribution in [2.45, 2.75) is 58.5 Å². The van der Waals surface area contributed by atoms with Crippen molar-refractivity contribution in [3.8, 4) is 0 Å². The van der Waals surface area contributed by atoms with E-state index in [-0.39, 0.29) is 0 Å². The van der Waals surface area contributed by atoms with E-state index >= 15 is 0 Å². The monoisotopic (exact) mass is 269 g/mol. The molecule has 110 valence electrons. The summed E-state index contributed by atoms with van der Waals surface area (Å²) in [5.74, 6) is 0.0331. The molecule has 0 bridgehead atoms. The minimum absolute atomic E-state index is 0.342. The number of morpholine rings is 1. The Labute approximate surface area is 116 Å². The van der Waals surface area contributed by atoms with Crippen LogP contribution < -0.4 is 0 Å². The summed E-state index contributed by atoms with van der Waals surface area (Å²) in [5.41, 5.74) is 0.377. The number of carboxylic acids is 1. The number of hydrogen-bond donors (Lipinski definition) is 1. The number of hydrogen-bond acceptors (Lipinski definition) is 3. The Bertz CT molecular complexity index is 316. The fourth-order valence-electron chi connectivity index (χ4n) is 3.54. The van der Waals surface area contributed by atoms with E-state index in [0.29, 0.717) is 24.7 Å². The van der Waals surface area contributed by atoms with Crippen molar-refractivity contribution in [1.82, 2.24) is 4.90 Å². The van der Waals surface area contributed by atoms with E-state index in [0.717, 1.165) is 25.3 Å². The first kappa shape index (κ1) is 14.8. The van der Waals surface area contributed by atoms with Gasteiger partial charge in [-0.1, -0.05) is 20.8 Å². The van der Waals surface area contributed by atoms with Crippen LogP contribution in [0, 0.1) is 11.3 Å². The fraction of sp³-hybridized carbons (Fsp3) is 0.933. The molecule has 1 aliphatic heterocycles. The van der Waals surface area contributed by atoms with Gasteiger partial charge < -0.3 is 9.84 Å². The molecule has 1 atom stereocenters. The van der Waals surface area contributed by atoms with Crippen molar-refractivity contribution in [3.05, 3.63) is 0 Å². The average molecular weight is 269 g/mol. The molecule has 0 radical (unpaired) electrons. The van der Waals surface area contributed by atoms with Crippen LogP contribution in [-0.2, 0) is 9.53 Å². The Morgan fingerprint density at radius 1 is 1.21 bits per heavy atom. The zero-order valence-electron chi connectivity index (χ0n) is 12.4. The molecule has 4 heteroatoms. The summed E-state index contributed by atoms with van der Waals surface area (Å²) in [7, 11) is 0. The predicted octanol–water partition coefficient (Wildman–Crippen LogP) is 2.38. The minimum Gasteiger partial charge on any atom is -0.480 e. The first-order valence-electron chi connectivity index (χ1n) is 7.46. The van der Waals surface area contributed by atoms with Crippen molar-refractivity contribution in [1.29, 1.82) is 0 Å². The average Bonchev–Trinajstić information content (AvgIpc) is 2.38.